The number of nitrogens with one attached hydrogen (secondary N) is 1. The number of halogens is 5. The van der Waals surface area contributed by atoms with Crippen LogP contribution in [0.3, 0.4) is 0 Å². The lowest BCUT2D eigenvalue weighted by Crippen LogP contribution is -2.17. The minimum atomic E-state index is -4.67. The molecule has 0 aromatic heterocycles. The van der Waals surface area contributed by atoms with E-state index in [-0.39, 0.29) is 39.8 Å². The second kappa shape index (κ2) is 8.50. The summed E-state index contributed by atoms with van der Waals surface area (Å²) >= 11 is 0. The molecular formula is C25H19F5NO2. The Labute approximate surface area is 187 Å². The minimum Gasteiger partial charge on any atom is -0.456 e. The van der Waals surface area contributed by atoms with Gasteiger partial charge in [-0.3, -0.25) is 4.79 Å². The van der Waals surface area contributed by atoms with Crippen molar-refractivity contribution in [1.82, 2.24) is 0 Å². The van der Waals surface area contributed by atoms with Crippen molar-refractivity contribution >= 4 is 11.6 Å². The average molecular weight is 460 g/mol. The molecule has 0 atom stereocenters. The summed E-state index contributed by atoms with van der Waals surface area (Å²) in [5, 5.41) is 2.47. The second-order valence-electron chi connectivity index (χ2n) is 7.98. The number of anilines is 1. The maximum Gasteiger partial charge on any atom is 0.416 e. The second-order valence-corrected chi connectivity index (χ2v) is 7.98. The molecule has 0 bridgehead atoms. The molecule has 0 spiro atoms. The van der Waals surface area contributed by atoms with Crippen LogP contribution in [-0.2, 0) is 6.18 Å². The van der Waals surface area contributed by atoms with Gasteiger partial charge in [0.15, 0.2) is 0 Å². The van der Waals surface area contributed by atoms with Gasteiger partial charge in [-0.15, -0.1) is 0 Å². The van der Waals surface area contributed by atoms with Gasteiger partial charge in [-0.05, 0) is 97.8 Å². The van der Waals surface area contributed by atoms with Crippen LogP contribution in [0.5, 0.6) is 11.5 Å². The number of aryl methyl sites for hydroxylation is 1. The topological polar surface area (TPSA) is 38.3 Å². The molecule has 1 N–H and O–H groups in total. The van der Waals surface area contributed by atoms with Crippen LogP contribution in [0, 0.1) is 25.5 Å². The largest absolute Gasteiger partial charge is 0.456 e. The molecule has 8 heteroatoms. The Morgan fingerprint density at radius 3 is 2.36 bits per heavy atom. The summed E-state index contributed by atoms with van der Waals surface area (Å²) in [5.74, 6) is -2.12. The lowest BCUT2D eigenvalue weighted by molar-refractivity contribution is -0.138. The third-order valence-electron chi connectivity index (χ3n) is 5.38. The molecule has 1 aliphatic rings. The monoisotopic (exact) mass is 460 g/mol. The highest BCUT2D eigenvalue weighted by Crippen LogP contribution is 2.48. The van der Waals surface area contributed by atoms with Crippen LogP contribution >= 0.6 is 0 Å². The van der Waals surface area contributed by atoms with Crippen molar-refractivity contribution in [2.75, 3.05) is 5.32 Å². The molecule has 1 amide bonds. The van der Waals surface area contributed by atoms with E-state index in [2.05, 4.69) is 12.2 Å². The summed E-state index contributed by atoms with van der Waals surface area (Å²) in [7, 11) is 0. The Bertz CT molecular complexity index is 1230. The molecule has 33 heavy (non-hydrogen) atoms. The molecule has 1 fully saturated rings. The van der Waals surface area contributed by atoms with Crippen molar-refractivity contribution < 1.29 is 31.5 Å². The number of hydrogen-bond donors (Lipinski definition) is 1. The van der Waals surface area contributed by atoms with Crippen LogP contribution in [0.25, 0.3) is 0 Å². The van der Waals surface area contributed by atoms with Gasteiger partial charge in [0, 0.05) is 5.69 Å². The van der Waals surface area contributed by atoms with E-state index in [9.17, 15) is 26.7 Å². The van der Waals surface area contributed by atoms with Gasteiger partial charge in [0.1, 0.15) is 23.1 Å². The molecule has 3 aromatic rings. The number of benzene rings is 3. The van der Waals surface area contributed by atoms with E-state index in [0.717, 1.165) is 18.2 Å². The van der Waals surface area contributed by atoms with E-state index in [1.54, 1.807) is 6.92 Å². The van der Waals surface area contributed by atoms with Gasteiger partial charge in [0.25, 0.3) is 5.91 Å². The predicted molar refractivity (Wildman–Crippen MR) is 113 cm³/mol. The Hall–Kier alpha value is -3.42. The lowest BCUT2D eigenvalue weighted by Gasteiger charge is -2.19. The summed E-state index contributed by atoms with van der Waals surface area (Å²) in [6, 6.07) is 9.35. The molecule has 1 radical (unpaired) electrons. The quantitative estimate of drug-likeness (QED) is 0.403. The van der Waals surface area contributed by atoms with E-state index in [1.165, 1.54) is 30.3 Å². The first-order chi connectivity index (χ1) is 15.5. The molecule has 4 rings (SSSR count). The average Bonchev–Trinajstić information content (AvgIpc) is 3.57. The summed E-state index contributed by atoms with van der Waals surface area (Å²) in [5.41, 5.74) is -0.618. The van der Waals surface area contributed by atoms with Crippen LogP contribution < -0.4 is 10.1 Å². The fraction of sp³-hybridized carbons (Fsp3) is 0.200. The maximum atomic E-state index is 13.8. The fourth-order valence-electron chi connectivity index (χ4n) is 3.53. The number of ether oxygens (including phenoxy) is 1. The van der Waals surface area contributed by atoms with Crippen LogP contribution in [0.1, 0.15) is 51.4 Å². The highest BCUT2D eigenvalue weighted by molar-refractivity contribution is 6.06. The third-order valence-corrected chi connectivity index (χ3v) is 5.38. The van der Waals surface area contributed by atoms with Gasteiger partial charge in [0.05, 0.1) is 11.1 Å². The molecule has 1 saturated carbocycles. The molecule has 0 unspecified atom stereocenters. The van der Waals surface area contributed by atoms with E-state index in [1.807, 2.05) is 0 Å². The first kappa shape index (κ1) is 22.8. The minimum absolute atomic E-state index is 0.0197. The van der Waals surface area contributed by atoms with Gasteiger partial charge >= 0.3 is 6.18 Å². The van der Waals surface area contributed by atoms with Crippen molar-refractivity contribution in [3.05, 3.63) is 94.9 Å². The molecule has 171 valence electrons. The number of carbonyl (C=O) groups is 1. The van der Waals surface area contributed by atoms with Gasteiger partial charge in [-0.25, -0.2) is 8.78 Å². The predicted octanol–water partition coefficient (Wildman–Crippen LogP) is 7.40. The third kappa shape index (κ3) is 4.99. The van der Waals surface area contributed by atoms with E-state index >= 15 is 0 Å². The highest BCUT2D eigenvalue weighted by atomic mass is 19.4. The number of rotatable bonds is 5. The Balaban J connectivity index is 1.79. The number of hydrogen-bond acceptors (Lipinski definition) is 2. The summed E-state index contributed by atoms with van der Waals surface area (Å²) in [4.78, 5) is 13.0. The molecule has 0 aliphatic heterocycles. The summed E-state index contributed by atoms with van der Waals surface area (Å²) < 4.78 is 74.2. The summed E-state index contributed by atoms with van der Waals surface area (Å²) in [6.07, 6.45) is -3.47. The van der Waals surface area contributed by atoms with Crippen LogP contribution in [0.4, 0.5) is 27.6 Å². The van der Waals surface area contributed by atoms with Crippen molar-refractivity contribution in [3.63, 3.8) is 0 Å². The Kier molecular flexibility index (Phi) is 5.86. The molecule has 1 aliphatic carbocycles. The smallest absolute Gasteiger partial charge is 0.416 e. The Morgan fingerprint density at radius 1 is 1.03 bits per heavy atom. The van der Waals surface area contributed by atoms with E-state index in [0.29, 0.717) is 18.4 Å². The Morgan fingerprint density at radius 2 is 1.76 bits per heavy atom. The first-order valence-corrected chi connectivity index (χ1v) is 10.1. The number of alkyl halides is 3. The maximum absolute atomic E-state index is 13.8. The fourth-order valence-corrected chi connectivity index (χ4v) is 3.53. The molecule has 0 saturated heterocycles. The van der Waals surface area contributed by atoms with Gasteiger partial charge < -0.3 is 10.1 Å². The van der Waals surface area contributed by atoms with Gasteiger partial charge in [-0.1, -0.05) is 0 Å². The SMILES string of the molecule is [CH2]c1cc(NC(=O)c2cc(C(F)(F)F)c(C3CC3)cc2Oc2ccc(F)cc2C)ccc1F. The van der Waals surface area contributed by atoms with Crippen molar-refractivity contribution in [3.8, 4) is 11.5 Å². The molecular weight excluding hydrogens is 441 g/mol. The zero-order valence-corrected chi connectivity index (χ0v) is 17.5. The highest BCUT2D eigenvalue weighted by Gasteiger charge is 2.40. The lowest BCUT2D eigenvalue weighted by atomic mass is 9.98. The van der Waals surface area contributed by atoms with Gasteiger partial charge in [-0.2, -0.15) is 13.2 Å². The molecule has 3 nitrogen and oxygen atoms in total. The zero-order chi connectivity index (χ0) is 23.9. The number of carbonyl (C=O) groups excluding carboxylic acids is 1. The summed E-state index contributed by atoms with van der Waals surface area (Å²) in [6.45, 7) is 5.09. The van der Waals surface area contributed by atoms with Crippen molar-refractivity contribution in [2.24, 2.45) is 0 Å². The van der Waals surface area contributed by atoms with Crippen LogP contribution in [0.15, 0.2) is 48.5 Å². The molecule has 0 heterocycles. The zero-order valence-electron chi connectivity index (χ0n) is 17.5. The van der Waals surface area contributed by atoms with Crippen molar-refractivity contribution in [1.29, 1.82) is 0 Å². The van der Waals surface area contributed by atoms with E-state index in [4.69, 9.17) is 4.74 Å². The van der Waals surface area contributed by atoms with Crippen LogP contribution in [-0.4, -0.2) is 5.91 Å². The first-order valence-electron chi connectivity index (χ1n) is 10.1. The number of amides is 1. The van der Waals surface area contributed by atoms with Gasteiger partial charge in [0.2, 0.25) is 0 Å². The van der Waals surface area contributed by atoms with E-state index < -0.39 is 29.3 Å². The molecule has 3 aromatic carbocycles. The standard InChI is InChI=1S/C25H19F5NO2/c1-13-10-17(6-7-21(13)27)31-24(32)19-11-20(25(28,29)30)18(15-3-4-15)12-23(19)33-22-8-5-16(26)9-14(22)2/h5-12,15H,1,3-4H2,2H3,(H,31,32). The normalized spacial score (nSPS) is 13.7. The van der Waals surface area contributed by atoms with Crippen LogP contribution in [0.2, 0.25) is 0 Å². The van der Waals surface area contributed by atoms with Crippen molar-refractivity contribution in [2.45, 2.75) is 31.9 Å².